The Morgan fingerprint density at radius 3 is 2.50 bits per heavy atom. The minimum atomic E-state index is 0.534. The molecule has 0 bridgehead atoms. The Morgan fingerprint density at radius 2 is 2.00 bits per heavy atom. The number of hydrogen-bond acceptors (Lipinski definition) is 3. The van der Waals surface area contributed by atoms with Crippen molar-refractivity contribution < 1.29 is 4.74 Å². The molecule has 0 unspecified atom stereocenters. The van der Waals surface area contributed by atoms with Crippen LogP contribution in [0.25, 0.3) is 6.08 Å². The number of nitrogens with two attached hydrogens (primary N) is 1. The molecule has 3 heteroatoms. The van der Waals surface area contributed by atoms with E-state index in [0.717, 1.165) is 5.56 Å². The van der Waals surface area contributed by atoms with Crippen LogP contribution in [0.2, 0.25) is 0 Å². The third-order valence-electron chi connectivity index (χ3n) is 1.33. The number of rotatable bonds is 2. The summed E-state index contributed by atoms with van der Waals surface area (Å²) in [6, 6.07) is 7.04. The van der Waals surface area contributed by atoms with Gasteiger partial charge in [-0.2, -0.15) is 0 Å². The van der Waals surface area contributed by atoms with Crippen molar-refractivity contribution >= 4 is 6.08 Å². The second kappa shape index (κ2) is 4.04. The first-order valence-electron chi connectivity index (χ1n) is 3.41. The minimum absolute atomic E-state index is 0.534. The van der Waals surface area contributed by atoms with Crippen LogP contribution in [0.4, 0.5) is 0 Å². The van der Waals surface area contributed by atoms with E-state index in [4.69, 9.17) is 11.0 Å². The van der Waals surface area contributed by atoms with Crippen LogP contribution in [0.1, 0.15) is 5.56 Å². The van der Waals surface area contributed by atoms with Gasteiger partial charge in [0.2, 0.25) is 0 Å². The Bertz CT molecular complexity index is 308. The van der Waals surface area contributed by atoms with Gasteiger partial charge >= 0.3 is 0 Å². The number of nitrogens with zero attached hydrogens (tertiary/aromatic N) is 1. The molecule has 60 valence electrons. The van der Waals surface area contributed by atoms with E-state index in [1.54, 1.807) is 24.5 Å². The lowest BCUT2D eigenvalue weighted by Gasteiger charge is -1.95. The fourth-order valence-electron chi connectivity index (χ4n) is 0.811. The van der Waals surface area contributed by atoms with E-state index in [1.165, 1.54) is 6.20 Å². The molecule has 12 heavy (non-hydrogen) atoms. The molecular formula is C9H8N2O. The first kappa shape index (κ1) is 8.15. The number of benzene rings is 1. The molecule has 1 aromatic rings. The second-order valence-electron chi connectivity index (χ2n) is 2.12. The van der Waals surface area contributed by atoms with Crippen molar-refractivity contribution in [3.05, 3.63) is 36.0 Å². The Kier molecular flexibility index (Phi) is 2.74. The number of nitriles is 1. The van der Waals surface area contributed by atoms with Gasteiger partial charge in [0.1, 0.15) is 5.75 Å². The van der Waals surface area contributed by atoms with Gasteiger partial charge in [-0.15, -0.1) is 5.26 Å². The van der Waals surface area contributed by atoms with Gasteiger partial charge in [-0.05, 0) is 30.0 Å². The highest BCUT2D eigenvalue weighted by Gasteiger charge is 1.90. The lowest BCUT2D eigenvalue weighted by Crippen LogP contribution is -1.82. The van der Waals surface area contributed by atoms with Crippen molar-refractivity contribution in [3.8, 4) is 12.0 Å². The minimum Gasteiger partial charge on any atom is -0.405 e. The highest BCUT2D eigenvalue weighted by Crippen LogP contribution is 2.12. The second-order valence-corrected chi connectivity index (χ2v) is 2.12. The molecule has 0 amide bonds. The average molecular weight is 160 g/mol. The van der Waals surface area contributed by atoms with Gasteiger partial charge in [0.25, 0.3) is 6.26 Å². The van der Waals surface area contributed by atoms with Gasteiger partial charge in [-0.25, -0.2) is 0 Å². The van der Waals surface area contributed by atoms with Crippen LogP contribution in [-0.2, 0) is 0 Å². The van der Waals surface area contributed by atoms with Crippen molar-refractivity contribution in [2.45, 2.75) is 0 Å². The smallest absolute Gasteiger partial charge is 0.292 e. The molecular weight excluding hydrogens is 152 g/mol. The number of ether oxygens (including phenoxy) is 1. The van der Waals surface area contributed by atoms with Gasteiger partial charge < -0.3 is 10.5 Å². The van der Waals surface area contributed by atoms with Crippen molar-refractivity contribution in [1.82, 2.24) is 0 Å². The third-order valence-corrected chi connectivity index (χ3v) is 1.33. The molecule has 0 saturated carbocycles. The fourth-order valence-corrected chi connectivity index (χ4v) is 0.811. The van der Waals surface area contributed by atoms with Crippen LogP contribution in [0.15, 0.2) is 30.5 Å². The SMILES string of the molecule is N#COc1ccc(/C=C/N)cc1. The first-order valence-corrected chi connectivity index (χ1v) is 3.41. The van der Waals surface area contributed by atoms with Gasteiger partial charge in [0.15, 0.2) is 0 Å². The van der Waals surface area contributed by atoms with Gasteiger partial charge in [0, 0.05) is 0 Å². The first-order chi connectivity index (χ1) is 5.86. The quantitative estimate of drug-likeness (QED) is 0.666. The molecule has 0 heterocycles. The van der Waals surface area contributed by atoms with Gasteiger partial charge in [0.05, 0.1) is 0 Å². The van der Waals surface area contributed by atoms with Crippen molar-refractivity contribution in [1.29, 1.82) is 5.26 Å². The summed E-state index contributed by atoms with van der Waals surface area (Å²) in [4.78, 5) is 0. The van der Waals surface area contributed by atoms with Crippen LogP contribution in [0.3, 0.4) is 0 Å². The maximum absolute atomic E-state index is 8.19. The normalized spacial score (nSPS) is 9.58. The van der Waals surface area contributed by atoms with E-state index < -0.39 is 0 Å². The van der Waals surface area contributed by atoms with E-state index in [1.807, 2.05) is 12.1 Å². The zero-order chi connectivity index (χ0) is 8.81. The van der Waals surface area contributed by atoms with Gasteiger partial charge in [-0.1, -0.05) is 12.1 Å². The average Bonchev–Trinajstić information content (AvgIpc) is 2.09. The van der Waals surface area contributed by atoms with Crippen LogP contribution in [0, 0.1) is 11.5 Å². The molecule has 0 aromatic heterocycles. The van der Waals surface area contributed by atoms with Crippen LogP contribution >= 0.6 is 0 Å². The van der Waals surface area contributed by atoms with E-state index in [2.05, 4.69) is 4.74 Å². The molecule has 1 aromatic carbocycles. The molecule has 0 fully saturated rings. The summed E-state index contributed by atoms with van der Waals surface area (Å²) in [7, 11) is 0. The van der Waals surface area contributed by atoms with Crippen LogP contribution in [-0.4, -0.2) is 0 Å². The van der Waals surface area contributed by atoms with Crippen molar-refractivity contribution in [2.24, 2.45) is 5.73 Å². The molecule has 0 aliphatic rings. The maximum atomic E-state index is 8.19. The molecule has 0 spiro atoms. The lowest BCUT2D eigenvalue weighted by molar-refractivity contribution is 0.507. The molecule has 0 radical (unpaired) electrons. The van der Waals surface area contributed by atoms with Gasteiger partial charge in [-0.3, -0.25) is 0 Å². The Labute approximate surface area is 70.7 Å². The van der Waals surface area contributed by atoms with Crippen molar-refractivity contribution in [3.63, 3.8) is 0 Å². The van der Waals surface area contributed by atoms with E-state index in [-0.39, 0.29) is 0 Å². The fraction of sp³-hybridized carbons (Fsp3) is 0. The summed E-state index contributed by atoms with van der Waals surface area (Å²) < 4.78 is 4.59. The summed E-state index contributed by atoms with van der Waals surface area (Å²) in [6.45, 7) is 0. The van der Waals surface area contributed by atoms with E-state index in [0.29, 0.717) is 5.75 Å². The molecule has 0 saturated heterocycles. The number of hydrogen-bond donors (Lipinski definition) is 1. The van der Waals surface area contributed by atoms with E-state index in [9.17, 15) is 0 Å². The highest BCUT2D eigenvalue weighted by molar-refractivity contribution is 5.49. The molecule has 0 atom stereocenters. The summed E-state index contributed by atoms with van der Waals surface area (Å²) in [5.41, 5.74) is 6.17. The monoisotopic (exact) mass is 160 g/mol. The molecule has 0 aliphatic heterocycles. The Morgan fingerprint density at radius 1 is 1.33 bits per heavy atom. The summed E-state index contributed by atoms with van der Waals surface area (Å²) in [5, 5.41) is 8.19. The summed E-state index contributed by atoms with van der Waals surface area (Å²) in [5.74, 6) is 0.534. The highest BCUT2D eigenvalue weighted by atomic mass is 16.5. The largest absolute Gasteiger partial charge is 0.405 e. The molecule has 2 N–H and O–H groups in total. The summed E-state index contributed by atoms with van der Waals surface area (Å²) in [6.07, 6.45) is 4.81. The Hall–Kier alpha value is -1.95. The zero-order valence-electron chi connectivity index (χ0n) is 6.40. The predicted molar refractivity (Wildman–Crippen MR) is 45.9 cm³/mol. The van der Waals surface area contributed by atoms with Crippen molar-refractivity contribution in [2.75, 3.05) is 0 Å². The van der Waals surface area contributed by atoms with E-state index >= 15 is 0 Å². The molecule has 0 aliphatic carbocycles. The van der Waals surface area contributed by atoms with Crippen LogP contribution < -0.4 is 10.5 Å². The maximum Gasteiger partial charge on any atom is 0.292 e. The predicted octanol–water partition coefficient (Wildman–Crippen LogP) is 1.48. The topological polar surface area (TPSA) is 59.0 Å². The molecule has 3 nitrogen and oxygen atoms in total. The van der Waals surface area contributed by atoms with Crippen LogP contribution in [0.5, 0.6) is 5.75 Å². The lowest BCUT2D eigenvalue weighted by atomic mass is 10.2. The Balaban J connectivity index is 2.79. The third kappa shape index (κ3) is 2.03. The summed E-state index contributed by atoms with van der Waals surface area (Å²) >= 11 is 0. The standard InChI is InChI=1S/C9H8N2O/c10-6-5-8-1-3-9(4-2-8)12-7-11/h1-6H,10H2/b6-5+. The molecule has 1 rings (SSSR count). The zero-order valence-corrected chi connectivity index (χ0v) is 6.40.